The standard InChI is InChI=1S/C52H61F4N7O9/c1-33(52(54,55)56)61(31-34-14-16-36(53)17-15-34)46(67)32-62-49(70)51(72-50(62)71)25-24-35-28-38(19-22-42(35)51)60-45(66)13-11-27-58-43(64)12-9-7-5-3-2-4-6-8-10-26-57-37-18-21-40-41(29-37)48(69)63(47(40)68)39-20-23-44(65)59-30-39/h14-19,21-22,28-29,33,39,57H,2-13,20,23-27,30-32H2,1H3,(H,58,64)(H,59,65)(H,60,66)/t33-,39?,51+/m0/s1. The summed E-state index contributed by atoms with van der Waals surface area (Å²) in [6.07, 6.45) is 5.24. The Bertz CT molecular complexity index is 2530. The molecule has 2 saturated heterocycles. The zero-order valence-corrected chi connectivity index (χ0v) is 40.3. The van der Waals surface area contributed by atoms with Gasteiger partial charge in [0.1, 0.15) is 18.4 Å². The highest BCUT2D eigenvalue weighted by Crippen LogP contribution is 2.46. The molecular formula is C52H61F4N7O9. The Labute approximate surface area is 414 Å². The van der Waals surface area contributed by atoms with E-state index in [-0.39, 0.29) is 66.9 Å². The van der Waals surface area contributed by atoms with Crippen LogP contribution < -0.4 is 21.3 Å². The molecule has 1 unspecified atom stereocenters. The van der Waals surface area contributed by atoms with Gasteiger partial charge in [-0.15, -0.1) is 0 Å². The Kier molecular flexibility index (Phi) is 17.3. The van der Waals surface area contributed by atoms with Crippen LogP contribution in [-0.4, -0.2) is 107 Å². The van der Waals surface area contributed by atoms with Gasteiger partial charge in [-0.2, -0.15) is 13.2 Å². The molecule has 7 rings (SSSR count). The number of fused-ring (bicyclic) bond motifs is 3. The molecule has 4 N–H and O–H groups in total. The average Bonchev–Trinajstić information content (AvgIpc) is 3.92. The van der Waals surface area contributed by atoms with Crippen LogP contribution in [0.3, 0.4) is 0 Å². The number of aryl methyl sites for hydroxylation is 1. The zero-order chi connectivity index (χ0) is 51.6. The first-order valence-electron chi connectivity index (χ1n) is 24.8. The lowest BCUT2D eigenvalue weighted by molar-refractivity contribution is -0.187. The van der Waals surface area contributed by atoms with E-state index in [4.69, 9.17) is 4.74 Å². The molecule has 0 saturated carbocycles. The van der Waals surface area contributed by atoms with Crippen molar-refractivity contribution in [1.82, 2.24) is 25.3 Å². The van der Waals surface area contributed by atoms with E-state index in [1.54, 1.807) is 24.3 Å². The first-order chi connectivity index (χ1) is 34.4. The minimum absolute atomic E-state index is 0.0246. The fraction of sp³-hybridized carbons (Fsp3) is 0.500. The topological polar surface area (TPSA) is 204 Å². The van der Waals surface area contributed by atoms with Crippen LogP contribution in [0.15, 0.2) is 60.7 Å². The van der Waals surface area contributed by atoms with E-state index in [0.717, 1.165) is 89.1 Å². The van der Waals surface area contributed by atoms with Crippen LogP contribution >= 0.6 is 0 Å². The molecule has 3 heterocycles. The number of nitrogens with one attached hydrogen (secondary N) is 4. The van der Waals surface area contributed by atoms with Gasteiger partial charge in [-0.3, -0.25) is 38.5 Å². The number of nitrogens with zero attached hydrogens (tertiary/aromatic N) is 3. The predicted molar refractivity (Wildman–Crippen MR) is 256 cm³/mol. The largest absolute Gasteiger partial charge is 0.427 e. The Morgan fingerprint density at radius 3 is 2.15 bits per heavy atom. The van der Waals surface area contributed by atoms with Crippen LogP contribution in [0.25, 0.3) is 0 Å². The molecule has 0 radical (unpaired) electrons. The van der Waals surface area contributed by atoms with Crippen LogP contribution in [0.2, 0.25) is 0 Å². The summed E-state index contributed by atoms with van der Waals surface area (Å²) in [7, 11) is 0. The SMILES string of the molecule is C[C@H](N(Cc1ccc(F)cc1)C(=O)CN1C(=O)O[C@@]2(CCc3cc(NC(=O)CCCNC(=O)CCCCCCCCCCCNc4ccc5c(c4)C(=O)N(C4CCC(=O)NC4)C5=O)ccc32)C1=O)C(F)(F)F. The van der Waals surface area contributed by atoms with Crippen molar-refractivity contribution in [3.8, 4) is 0 Å². The van der Waals surface area contributed by atoms with E-state index in [9.17, 15) is 55.9 Å². The van der Waals surface area contributed by atoms with Crippen LogP contribution in [0, 0.1) is 5.82 Å². The van der Waals surface area contributed by atoms with Gasteiger partial charge in [0.25, 0.3) is 17.7 Å². The molecule has 3 aromatic rings. The first kappa shape index (κ1) is 53.0. The van der Waals surface area contributed by atoms with Gasteiger partial charge in [-0.05, 0) is 92.6 Å². The lowest BCUT2D eigenvalue weighted by Gasteiger charge is -2.31. The van der Waals surface area contributed by atoms with E-state index in [2.05, 4.69) is 21.3 Å². The lowest BCUT2D eigenvalue weighted by atomic mass is 9.94. The Balaban J connectivity index is 0.725. The van der Waals surface area contributed by atoms with Crippen molar-refractivity contribution in [2.45, 2.75) is 140 Å². The molecule has 3 aromatic carbocycles. The van der Waals surface area contributed by atoms with Crippen molar-refractivity contribution in [1.29, 1.82) is 0 Å². The predicted octanol–water partition coefficient (Wildman–Crippen LogP) is 7.65. The second kappa shape index (κ2) is 23.6. The Hall–Kier alpha value is -6.86. The van der Waals surface area contributed by atoms with Crippen LogP contribution in [-0.2, 0) is 47.3 Å². The van der Waals surface area contributed by atoms with Crippen molar-refractivity contribution in [2.75, 3.05) is 36.8 Å². The maximum absolute atomic E-state index is 13.8. The van der Waals surface area contributed by atoms with Gasteiger partial charge in [0.05, 0.1) is 17.2 Å². The number of imide groups is 2. The quantitative estimate of drug-likeness (QED) is 0.0392. The van der Waals surface area contributed by atoms with Crippen LogP contribution in [0.1, 0.15) is 141 Å². The fourth-order valence-electron chi connectivity index (χ4n) is 9.67. The van der Waals surface area contributed by atoms with E-state index in [1.807, 2.05) is 6.07 Å². The number of piperidine rings is 1. The van der Waals surface area contributed by atoms with Gasteiger partial charge in [0.2, 0.25) is 29.2 Å². The summed E-state index contributed by atoms with van der Waals surface area (Å²) in [6.45, 7) is 0.588. The van der Waals surface area contributed by atoms with Crippen LogP contribution in [0.4, 0.5) is 33.7 Å². The van der Waals surface area contributed by atoms with Crippen molar-refractivity contribution < 1.29 is 60.7 Å². The Morgan fingerprint density at radius 2 is 1.46 bits per heavy atom. The van der Waals surface area contributed by atoms with Crippen molar-refractivity contribution >= 4 is 58.8 Å². The highest BCUT2D eigenvalue weighted by molar-refractivity contribution is 6.22. The number of alkyl halides is 3. The molecule has 0 aromatic heterocycles. The summed E-state index contributed by atoms with van der Waals surface area (Å²) in [5, 5.41) is 11.8. The molecule has 0 bridgehead atoms. The van der Waals surface area contributed by atoms with E-state index >= 15 is 0 Å². The fourth-order valence-corrected chi connectivity index (χ4v) is 9.67. The number of benzene rings is 3. The van der Waals surface area contributed by atoms with Gasteiger partial charge in [0.15, 0.2) is 0 Å². The number of hydrogen-bond acceptors (Lipinski definition) is 10. The number of carbonyl (C=O) groups is 8. The molecule has 20 heteroatoms. The molecule has 1 spiro atoms. The number of anilines is 2. The minimum atomic E-state index is -4.83. The summed E-state index contributed by atoms with van der Waals surface area (Å²) in [6, 6.07) is 11.9. The molecule has 3 aliphatic heterocycles. The Morgan fingerprint density at radius 1 is 0.792 bits per heavy atom. The third-order valence-corrected chi connectivity index (χ3v) is 13.8. The number of amides is 8. The smallest absolute Gasteiger partial charge is 0.418 e. The molecule has 72 heavy (non-hydrogen) atoms. The zero-order valence-electron chi connectivity index (χ0n) is 40.3. The van der Waals surface area contributed by atoms with Crippen molar-refractivity contribution in [2.24, 2.45) is 0 Å². The van der Waals surface area contributed by atoms with Gasteiger partial charge in [0, 0.05) is 68.8 Å². The van der Waals surface area contributed by atoms with Gasteiger partial charge in [-0.25, -0.2) is 14.1 Å². The molecule has 4 aliphatic rings. The number of ether oxygens (including phenoxy) is 1. The molecule has 8 amide bonds. The number of halogens is 4. The van der Waals surface area contributed by atoms with Crippen molar-refractivity contribution in [3.63, 3.8) is 0 Å². The molecule has 1 aliphatic carbocycles. The lowest BCUT2D eigenvalue weighted by Crippen LogP contribution is -2.51. The van der Waals surface area contributed by atoms with Gasteiger partial charge < -0.3 is 30.9 Å². The molecule has 16 nitrogen and oxygen atoms in total. The van der Waals surface area contributed by atoms with E-state index in [0.29, 0.717) is 70.0 Å². The number of rotatable bonds is 24. The van der Waals surface area contributed by atoms with Gasteiger partial charge in [-0.1, -0.05) is 63.1 Å². The first-order valence-corrected chi connectivity index (χ1v) is 24.8. The second-order valence-electron chi connectivity index (χ2n) is 18.9. The third-order valence-electron chi connectivity index (χ3n) is 13.8. The summed E-state index contributed by atoms with van der Waals surface area (Å²) >= 11 is 0. The highest BCUT2D eigenvalue weighted by atomic mass is 19.4. The minimum Gasteiger partial charge on any atom is -0.427 e. The summed E-state index contributed by atoms with van der Waals surface area (Å²) in [5.74, 6) is -3.72. The highest BCUT2D eigenvalue weighted by Gasteiger charge is 2.59. The number of carbonyl (C=O) groups excluding carboxylic acids is 8. The summed E-state index contributed by atoms with van der Waals surface area (Å²) in [4.78, 5) is 105. The molecule has 386 valence electrons. The van der Waals surface area contributed by atoms with E-state index in [1.165, 1.54) is 23.1 Å². The van der Waals surface area contributed by atoms with E-state index < -0.39 is 54.6 Å². The number of unbranched alkanes of at least 4 members (excludes halogenated alkanes) is 8. The molecule has 2 fully saturated rings. The maximum Gasteiger partial charge on any atom is 0.418 e. The summed E-state index contributed by atoms with van der Waals surface area (Å²) in [5.41, 5.74) is 1.41. The van der Waals surface area contributed by atoms with Crippen LogP contribution in [0.5, 0.6) is 0 Å². The molecular weight excluding hydrogens is 943 g/mol. The monoisotopic (exact) mass is 1000 g/mol. The third kappa shape index (κ3) is 12.8. The second-order valence-corrected chi connectivity index (χ2v) is 18.9. The normalized spacial score (nSPS) is 18.7. The van der Waals surface area contributed by atoms with Gasteiger partial charge >= 0.3 is 12.3 Å². The average molecular weight is 1000 g/mol. The number of hydrogen-bond donors (Lipinski definition) is 4. The molecule has 3 atom stereocenters. The summed E-state index contributed by atoms with van der Waals surface area (Å²) < 4.78 is 60.5. The van der Waals surface area contributed by atoms with Crippen molar-refractivity contribution in [3.05, 3.63) is 94.3 Å². The maximum atomic E-state index is 13.8.